The van der Waals surface area contributed by atoms with Crippen LogP contribution in [-0.2, 0) is 6.42 Å². The zero-order chi connectivity index (χ0) is 16.0. The molecule has 0 fully saturated rings. The molecule has 4 heteroatoms. The number of rotatable bonds is 3. The van der Waals surface area contributed by atoms with Gasteiger partial charge in [0.25, 0.3) is 0 Å². The minimum atomic E-state index is -4.33. The fourth-order valence-electron chi connectivity index (χ4n) is 1.77. The number of alkyl halides is 3. The summed E-state index contributed by atoms with van der Waals surface area (Å²) in [5.74, 6) is 6.16. The van der Waals surface area contributed by atoms with E-state index in [1.54, 1.807) is 12.1 Å². The summed E-state index contributed by atoms with van der Waals surface area (Å²) in [6.45, 7) is 0.797. The van der Waals surface area contributed by atoms with Gasteiger partial charge in [-0.1, -0.05) is 30.9 Å². The van der Waals surface area contributed by atoms with Crippen LogP contribution in [0.4, 0.5) is 13.2 Å². The molecule has 0 aliphatic carbocycles. The van der Waals surface area contributed by atoms with Crippen molar-refractivity contribution in [2.45, 2.75) is 19.5 Å². The quantitative estimate of drug-likeness (QED) is 0.754. The van der Waals surface area contributed by atoms with Crippen molar-refractivity contribution >= 4 is 0 Å². The second kappa shape index (κ2) is 7.04. The Morgan fingerprint density at radius 1 is 0.864 bits per heavy atom. The molecule has 0 heterocycles. The van der Waals surface area contributed by atoms with Gasteiger partial charge in [-0.05, 0) is 48.4 Å². The molecule has 0 saturated carbocycles. The van der Waals surface area contributed by atoms with Crippen molar-refractivity contribution in [1.29, 1.82) is 0 Å². The van der Waals surface area contributed by atoms with Crippen LogP contribution in [0.2, 0.25) is 0 Å². The number of halogens is 3. The molecule has 0 spiro atoms. The average molecular weight is 304 g/mol. The number of hydrogen-bond acceptors (Lipinski definition) is 1. The highest BCUT2D eigenvalue weighted by Crippen LogP contribution is 2.18. The molecular weight excluding hydrogens is 289 g/mol. The first kappa shape index (κ1) is 16.0. The highest BCUT2D eigenvalue weighted by Gasteiger charge is 2.28. The Labute approximate surface area is 127 Å². The lowest BCUT2D eigenvalue weighted by molar-refractivity contribution is -0.153. The fourth-order valence-corrected chi connectivity index (χ4v) is 1.77. The van der Waals surface area contributed by atoms with Gasteiger partial charge in [0.1, 0.15) is 5.75 Å². The maximum atomic E-state index is 12.0. The summed E-state index contributed by atoms with van der Waals surface area (Å²) in [4.78, 5) is 0. The number of benzene rings is 2. The van der Waals surface area contributed by atoms with Gasteiger partial charge in [0, 0.05) is 11.1 Å². The first-order valence-electron chi connectivity index (χ1n) is 6.87. The lowest BCUT2D eigenvalue weighted by atomic mass is 10.1. The van der Waals surface area contributed by atoms with Crippen LogP contribution in [0.15, 0.2) is 48.5 Å². The van der Waals surface area contributed by atoms with E-state index in [-0.39, 0.29) is 5.75 Å². The average Bonchev–Trinajstić information content (AvgIpc) is 2.52. The molecule has 0 unspecified atom stereocenters. The van der Waals surface area contributed by atoms with Gasteiger partial charge in [-0.2, -0.15) is 13.2 Å². The van der Waals surface area contributed by atoms with Gasteiger partial charge in [0.05, 0.1) is 0 Å². The summed E-state index contributed by atoms with van der Waals surface area (Å²) in [5, 5.41) is 0. The van der Waals surface area contributed by atoms with Crippen LogP contribution >= 0.6 is 0 Å². The molecule has 0 aliphatic rings. The van der Waals surface area contributed by atoms with Crippen molar-refractivity contribution in [3.8, 4) is 17.6 Å². The molecule has 0 radical (unpaired) electrons. The molecule has 0 amide bonds. The van der Waals surface area contributed by atoms with Crippen LogP contribution in [0.5, 0.6) is 5.75 Å². The van der Waals surface area contributed by atoms with Crippen molar-refractivity contribution < 1.29 is 17.9 Å². The zero-order valence-corrected chi connectivity index (χ0v) is 12.1. The van der Waals surface area contributed by atoms with E-state index >= 15 is 0 Å². The van der Waals surface area contributed by atoms with Crippen molar-refractivity contribution in [3.63, 3.8) is 0 Å². The predicted molar refractivity (Wildman–Crippen MR) is 79.8 cm³/mol. The summed E-state index contributed by atoms with van der Waals surface area (Å²) in [7, 11) is 0. The minimum Gasteiger partial charge on any atom is -0.484 e. The van der Waals surface area contributed by atoms with Crippen LogP contribution in [0.1, 0.15) is 23.6 Å². The lowest BCUT2D eigenvalue weighted by Crippen LogP contribution is -2.19. The topological polar surface area (TPSA) is 9.23 Å². The zero-order valence-electron chi connectivity index (χ0n) is 12.1. The first-order chi connectivity index (χ1) is 10.5. The minimum absolute atomic E-state index is 0.176. The van der Waals surface area contributed by atoms with E-state index in [2.05, 4.69) is 23.5 Å². The normalized spacial score (nSPS) is 10.7. The molecule has 0 aliphatic heterocycles. The molecule has 2 aromatic rings. The van der Waals surface area contributed by atoms with E-state index in [0.29, 0.717) is 0 Å². The maximum absolute atomic E-state index is 12.0. The number of hydrogen-bond donors (Lipinski definition) is 0. The Balaban J connectivity index is 2.00. The van der Waals surface area contributed by atoms with E-state index in [1.165, 1.54) is 17.7 Å². The summed E-state index contributed by atoms with van der Waals surface area (Å²) >= 11 is 0. The van der Waals surface area contributed by atoms with Crippen LogP contribution < -0.4 is 4.74 Å². The van der Waals surface area contributed by atoms with Gasteiger partial charge < -0.3 is 4.74 Å². The third-order valence-corrected chi connectivity index (χ3v) is 2.97. The van der Waals surface area contributed by atoms with Gasteiger partial charge in [0.2, 0.25) is 0 Å². The van der Waals surface area contributed by atoms with Crippen LogP contribution in [0.3, 0.4) is 0 Å². The SMILES string of the molecule is CCc1ccc(C#Cc2ccc(OCC(F)(F)F)cc2)cc1. The molecule has 2 aromatic carbocycles. The van der Waals surface area contributed by atoms with E-state index < -0.39 is 12.8 Å². The van der Waals surface area contributed by atoms with E-state index in [9.17, 15) is 13.2 Å². The molecule has 22 heavy (non-hydrogen) atoms. The molecular formula is C18H15F3O. The fraction of sp³-hybridized carbons (Fsp3) is 0.222. The maximum Gasteiger partial charge on any atom is 0.422 e. The van der Waals surface area contributed by atoms with Gasteiger partial charge in [0.15, 0.2) is 6.61 Å². The molecule has 0 bridgehead atoms. The Morgan fingerprint density at radius 3 is 1.82 bits per heavy atom. The largest absolute Gasteiger partial charge is 0.484 e. The van der Waals surface area contributed by atoms with Crippen LogP contribution in [0.25, 0.3) is 0 Å². The van der Waals surface area contributed by atoms with Gasteiger partial charge in [-0.3, -0.25) is 0 Å². The van der Waals surface area contributed by atoms with Crippen LogP contribution in [0, 0.1) is 11.8 Å². The van der Waals surface area contributed by atoms with E-state index in [0.717, 1.165) is 17.5 Å². The number of aryl methyl sites for hydroxylation is 1. The van der Waals surface area contributed by atoms with E-state index in [4.69, 9.17) is 0 Å². The smallest absolute Gasteiger partial charge is 0.422 e. The predicted octanol–water partition coefficient (Wildman–Crippen LogP) is 4.59. The molecule has 2 rings (SSSR count). The summed E-state index contributed by atoms with van der Waals surface area (Å²) in [5.41, 5.74) is 2.87. The Morgan fingerprint density at radius 2 is 1.36 bits per heavy atom. The van der Waals surface area contributed by atoms with Crippen LogP contribution in [-0.4, -0.2) is 12.8 Å². The Hall–Kier alpha value is -2.41. The van der Waals surface area contributed by atoms with Crippen molar-refractivity contribution in [1.82, 2.24) is 0 Å². The molecule has 0 atom stereocenters. The monoisotopic (exact) mass is 304 g/mol. The third-order valence-electron chi connectivity index (χ3n) is 2.97. The molecule has 0 N–H and O–H groups in total. The molecule has 0 saturated heterocycles. The van der Waals surface area contributed by atoms with Crippen molar-refractivity contribution in [3.05, 3.63) is 65.2 Å². The Bertz CT molecular complexity index is 659. The Kier molecular flexibility index (Phi) is 5.11. The first-order valence-corrected chi connectivity index (χ1v) is 6.87. The summed E-state index contributed by atoms with van der Waals surface area (Å²) in [6.07, 6.45) is -3.35. The highest BCUT2D eigenvalue weighted by atomic mass is 19.4. The molecule has 1 nitrogen and oxygen atoms in total. The van der Waals surface area contributed by atoms with Gasteiger partial charge in [-0.25, -0.2) is 0 Å². The summed E-state index contributed by atoms with van der Waals surface area (Å²) in [6, 6.07) is 14.2. The second-order valence-electron chi connectivity index (χ2n) is 4.73. The number of ether oxygens (including phenoxy) is 1. The standard InChI is InChI=1S/C18H15F3O/c1-2-14-3-5-15(6-4-14)7-8-16-9-11-17(12-10-16)22-13-18(19,20)21/h3-6,9-12H,2,13H2,1H3. The van der Waals surface area contributed by atoms with Gasteiger partial charge in [-0.15, -0.1) is 0 Å². The molecule has 0 aromatic heterocycles. The van der Waals surface area contributed by atoms with Crippen molar-refractivity contribution in [2.24, 2.45) is 0 Å². The lowest BCUT2D eigenvalue weighted by Gasteiger charge is -2.08. The second-order valence-corrected chi connectivity index (χ2v) is 4.73. The van der Waals surface area contributed by atoms with E-state index in [1.807, 2.05) is 24.3 Å². The highest BCUT2D eigenvalue weighted by molar-refractivity contribution is 5.44. The van der Waals surface area contributed by atoms with Crippen molar-refractivity contribution in [2.75, 3.05) is 6.61 Å². The van der Waals surface area contributed by atoms with Gasteiger partial charge >= 0.3 is 6.18 Å². The molecule has 114 valence electrons. The third kappa shape index (κ3) is 5.17. The summed E-state index contributed by atoms with van der Waals surface area (Å²) < 4.78 is 40.7.